The van der Waals surface area contributed by atoms with Crippen LogP contribution in [-0.2, 0) is 11.3 Å². The molecule has 1 aliphatic heterocycles. The van der Waals surface area contributed by atoms with Gasteiger partial charge in [-0.25, -0.2) is 9.97 Å². The number of likely N-dealkylation sites (N-methyl/N-ethyl adjacent to an activating group) is 1. The van der Waals surface area contributed by atoms with E-state index < -0.39 is 0 Å². The summed E-state index contributed by atoms with van der Waals surface area (Å²) < 4.78 is 0. The Bertz CT molecular complexity index is 1770. The summed E-state index contributed by atoms with van der Waals surface area (Å²) in [5.74, 6) is 7.36. The minimum absolute atomic E-state index is 0.0469. The van der Waals surface area contributed by atoms with Gasteiger partial charge in [0.1, 0.15) is 11.5 Å². The summed E-state index contributed by atoms with van der Waals surface area (Å²) in [7, 11) is 2.18. The number of aromatic nitrogens is 3. The molecule has 1 saturated carbocycles. The molecule has 0 unspecified atom stereocenters. The van der Waals surface area contributed by atoms with E-state index in [4.69, 9.17) is 9.97 Å². The lowest BCUT2D eigenvalue weighted by molar-refractivity contribution is -0.118. The molecular weight excluding hydrogens is 612 g/mol. The lowest BCUT2D eigenvalue weighted by atomic mass is 9.93. The summed E-state index contributed by atoms with van der Waals surface area (Å²) in [5, 5.41) is 20.0. The van der Waals surface area contributed by atoms with Crippen molar-refractivity contribution in [3.05, 3.63) is 89.9 Å². The lowest BCUT2D eigenvalue weighted by Crippen LogP contribution is -2.43. The van der Waals surface area contributed by atoms with Gasteiger partial charge in [-0.3, -0.25) is 9.69 Å². The molecular formula is C39H46N8O2. The Morgan fingerprint density at radius 1 is 0.918 bits per heavy atom. The van der Waals surface area contributed by atoms with Gasteiger partial charge in [0.2, 0.25) is 11.9 Å². The second-order valence-corrected chi connectivity index (χ2v) is 13.4. The molecule has 254 valence electrons. The highest BCUT2D eigenvalue weighted by molar-refractivity contribution is 5.92. The van der Waals surface area contributed by atoms with E-state index in [9.17, 15) is 9.90 Å². The van der Waals surface area contributed by atoms with Crippen LogP contribution in [0.3, 0.4) is 0 Å². The SMILES string of the molecule is CC(C)C(=O)Nc1ccnc(C#Cc2ccc(Nc3ncc(-c4ccc(CN5CCN(C)CC5)cc4)c(NC4CCC(O)CC4)n3)cc2)c1. The first kappa shape index (κ1) is 34.1. The van der Waals surface area contributed by atoms with Crippen LogP contribution in [0.15, 0.2) is 73.1 Å². The molecule has 3 heterocycles. The van der Waals surface area contributed by atoms with Crippen molar-refractivity contribution in [1.29, 1.82) is 0 Å². The van der Waals surface area contributed by atoms with Gasteiger partial charge < -0.3 is 26.0 Å². The number of anilines is 4. The number of amides is 1. The topological polar surface area (TPSA) is 119 Å². The Balaban J connectivity index is 1.15. The van der Waals surface area contributed by atoms with E-state index in [2.05, 4.69) is 73.9 Å². The van der Waals surface area contributed by atoms with E-state index in [0.717, 1.165) is 86.6 Å². The molecule has 2 fully saturated rings. The number of nitrogens with one attached hydrogen (secondary N) is 3. The number of carbonyl (C=O) groups is 1. The van der Waals surface area contributed by atoms with E-state index in [1.54, 1.807) is 18.3 Å². The molecule has 0 radical (unpaired) electrons. The minimum Gasteiger partial charge on any atom is -0.393 e. The van der Waals surface area contributed by atoms with Gasteiger partial charge in [0.15, 0.2) is 0 Å². The van der Waals surface area contributed by atoms with Crippen LogP contribution in [0.5, 0.6) is 0 Å². The van der Waals surface area contributed by atoms with Crippen molar-refractivity contribution in [1.82, 2.24) is 24.8 Å². The summed E-state index contributed by atoms with van der Waals surface area (Å²) in [5.41, 5.74) is 6.25. The highest BCUT2D eigenvalue weighted by atomic mass is 16.3. The number of aliphatic hydroxyl groups is 1. The van der Waals surface area contributed by atoms with E-state index >= 15 is 0 Å². The molecule has 1 amide bonds. The second kappa shape index (κ2) is 16.1. The molecule has 4 aromatic rings. The number of piperazine rings is 1. The molecule has 4 N–H and O–H groups in total. The van der Waals surface area contributed by atoms with Crippen molar-refractivity contribution in [3.8, 4) is 23.0 Å². The normalized spacial score (nSPS) is 18.4. The van der Waals surface area contributed by atoms with Gasteiger partial charge in [-0.1, -0.05) is 44.0 Å². The number of carbonyl (C=O) groups excluding carboxylic acids is 1. The van der Waals surface area contributed by atoms with E-state index in [1.165, 1.54) is 5.56 Å². The molecule has 10 nitrogen and oxygen atoms in total. The fraction of sp³-hybridized carbons (Fsp3) is 0.385. The zero-order valence-corrected chi connectivity index (χ0v) is 28.6. The Kier molecular flexibility index (Phi) is 11.2. The molecule has 1 aliphatic carbocycles. The van der Waals surface area contributed by atoms with Crippen molar-refractivity contribution in [2.45, 2.75) is 58.2 Å². The number of pyridine rings is 1. The van der Waals surface area contributed by atoms with Crippen molar-refractivity contribution < 1.29 is 9.90 Å². The number of aliphatic hydroxyl groups excluding tert-OH is 1. The smallest absolute Gasteiger partial charge is 0.229 e. The van der Waals surface area contributed by atoms with Gasteiger partial charge in [-0.15, -0.1) is 0 Å². The average Bonchev–Trinajstić information content (AvgIpc) is 3.11. The first-order valence-electron chi connectivity index (χ1n) is 17.3. The maximum Gasteiger partial charge on any atom is 0.229 e. The van der Waals surface area contributed by atoms with E-state index in [1.807, 2.05) is 44.3 Å². The number of hydrogen-bond donors (Lipinski definition) is 4. The van der Waals surface area contributed by atoms with Crippen LogP contribution in [0.4, 0.5) is 23.1 Å². The van der Waals surface area contributed by atoms with Gasteiger partial charge in [0.05, 0.1) is 6.10 Å². The van der Waals surface area contributed by atoms with Crippen LogP contribution in [-0.4, -0.2) is 81.1 Å². The molecule has 10 heteroatoms. The van der Waals surface area contributed by atoms with Crippen LogP contribution in [0.1, 0.15) is 56.4 Å². The summed E-state index contributed by atoms with van der Waals surface area (Å²) in [4.78, 5) is 30.9. The summed E-state index contributed by atoms with van der Waals surface area (Å²) in [6.07, 6.45) is 6.67. The molecule has 1 saturated heterocycles. The third kappa shape index (κ3) is 9.63. The highest BCUT2D eigenvalue weighted by Crippen LogP contribution is 2.31. The maximum atomic E-state index is 12.0. The number of hydrogen-bond acceptors (Lipinski definition) is 9. The zero-order chi connectivity index (χ0) is 34.2. The van der Waals surface area contributed by atoms with Gasteiger partial charge >= 0.3 is 0 Å². The van der Waals surface area contributed by atoms with Crippen LogP contribution in [0.2, 0.25) is 0 Å². The van der Waals surface area contributed by atoms with Crippen molar-refractivity contribution in [2.75, 3.05) is 49.2 Å². The Hall–Kier alpha value is -4.82. The largest absolute Gasteiger partial charge is 0.393 e. The van der Waals surface area contributed by atoms with Crippen LogP contribution in [0.25, 0.3) is 11.1 Å². The van der Waals surface area contributed by atoms with Crippen LogP contribution in [0, 0.1) is 17.8 Å². The molecule has 2 aromatic heterocycles. The zero-order valence-electron chi connectivity index (χ0n) is 28.6. The van der Waals surface area contributed by atoms with Crippen molar-refractivity contribution in [2.24, 2.45) is 5.92 Å². The highest BCUT2D eigenvalue weighted by Gasteiger charge is 2.22. The predicted molar refractivity (Wildman–Crippen MR) is 196 cm³/mol. The Morgan fingerprint density at radius 3 is 2.37 bits per heavy atom. The van der Waals surface area contributed by atoms with E-state index in [-0.39, 0.29) is 24.0 Å². The lowest BCUT2D eigenvalue weighted by Gasteiger charge is -2.32. The van der Waals surface area contributed by atoms with Gasteiger partial charge in [0.25, 0.3) is 0 Å². The Labute approximate surface area is 289 Å². The van der Waals surface area contributed by atoms with E-state index in [0.29, 0.717) is 17.3 Å². The molecule has 2 aliphatic rings. The Morgan fingerprint density at radius 2 is 1.65 bits per heavy atom. The second-order valence-electron chi connectivity index (χ2n) is 13.4. The summed E-state index contributed by atoms with van der Waals surface area (Å²) in [6, 6.07) is 20.3. The first-order chi connectivity index (χ1) is 23.8. The molecule has 2 aromatic carbocycles. The number of rotatable bonds is 9. The maximum absolute atomic E-state index is 12.0. The molecule has 0 atom stereocenters. The van der Waals surface area contributed by atoms with Gasteiger partial charge in [-0.2, -0.15) is 4.98 Å². The molecule has 49 heavy (non-hydrogen) atoms. The van der Waals surface area contributed by atoms with Crippen molar-refractivity contribution in [3.63, 3.8) is 0 Å². The fourth-order valence-corrected chi connectivity index (χ4v) is 6.00. The predicted octanol–water partition coefficient (Wildman–Crippen LogP) is 5.74. The molecule has 6 rings (SSSR count). The standard InChI is InChI=1S/C39H46N8O2/c1-27(2)38(49)43-34-18-19-40-33(24-34)13-8-28-6-11-32(12-7-28)44-39-41-25-36(37(45-39)42-31-14-16-35(48)17-15-31)30-9-4-29(5-10-30)26-47-22-20-46(3)21-23-47/h4-7,9-12,18-19,24-25,27,31,35,48H,14-17,20-23,26H2,1-3H3,(H,40,43,49)(H2,41,42,44,45). The molecule has 0 bridgehead atoms. The third-order valence-corrected chi connectivity index (χ3v) is 9.12. The van der Waals surface area contributed by atoms with Crippen molar-refractivity contribution >= 4 is 29.0 Å². The fourth-order valence-electron chi connectivity index (χ4n) is 6.00. The monoisotopic (exact) mass is 658 g/mol. The quantitative estimate of drug-likeness (QED) is 0.167. The average molecular weight is 659 g/mol. The van der Waals surface area contributed by atoms with Crippen LogP contribution >= 0.6 is 0 Å². The summed E-state index contributed by atoms with van der Waals surface area (Å²) in [6.45, 7) is 9.06. The first-order valence-corrected chi connectivity index (χ1v) is 17.3. The minimum atomic E-state index is -0.223. The molecule has 0 spiro atoms. The number of nitrogens with zero attached hydrogens (tertiary/aromatic N) is 5. The third-order valence-electron chi connectivity index (χ3n) is 9.12. The van der Waals surface area contributed by atoms with Crippen LogP contribution < -0.4 is 16.0 Å². The van der Waals surface area contributed by atoms with Gasteiger partial charge in [-0.05, 0) is 86.2 Å². The summed E-state index contributed by atoms with van der Waals surface area (Å²) >= 11 is 0. The number of benzene rings is 2. The van der Waals surface area contributed by atoms with Gasteiger partial charge in [0, 0.05) is 79.6 Å².